The molecule has 0 fully saturated rings. The number of halogens is 2. The molecule has 10 heteroatoms. The van der Waals surface area contributed by atoms with Gasteiger partial charge in [0, 0.05) is 42.0 Å². The number of carbonyl (C=O) groups excluding carboxylic acids is 1. The Hall–Kier alpha value is -4.24. The van der Waals surface area contributed by atoms with Crippen LogP contribution in [0.4, 0.5) is 14.9 Å². The zero-order chi connectivity index (χ0) is 27.1. The number of amides is 2. The van der Waals surface area contributed by atoms with Crippen LogP contribution in [0.3, 0.4) is 0 Å². The van der Waals surface area contributed by atoms with Gasteiger partial charge in [-0.3, -0.25) is 14.8 Å². The van der Waals surface area contributed by atoms with Crippen molar-refractivity contribution in [3.63, 3.8) is 0 Å². The fraction of sp³-hybridized carbons (Fsp3) is 0.214. The Bertz CT molecular complexity index is 1450. The third-order valence-electron chi connectivity index (χ3n) is 6.05. The summed E-state index contributed by atoms with van der Waals surface area (Å²) in [5.41, 5.74) is 3.84. The van der Waals surface area contributed by atoms with Crippen LogP contribution in [-0.4, -0.2) is 40.2 Å². The van der Waals surface area contributed by atoms with E-state index in [1.54, 1.807) is 36.7 Å². The highest BCUT2D eigenvalue weighted by molar-refractivity contribution is 6.34. The number of unbranched alkanes of at least 4 members (excludes halogenated alkanes) is 1. The Kier molecular flexibility index (Phi) is 8.70. The Balaban J connectivity index is 1.48. The zero-order valence-corrected chi connectivity index (χ0v) is 21.4. The second-order valence-electron chi connectivity index (χ2n) is 8.73. The highest BCUT2D eigenvalue weighted by Crippen LogP contribution is 2.35. The van der Waals surface area contributed by atoms with Gasteiger partial charge >= 0.3 is 6.09 Å². The van der Waals surface area contributed by atoms with E-state index in [-0.39, 0.29) is 23.5 Å². The van der Waals surface area contributed by atoms with E-state index in [0.29, 0.717) is 42.2 Å². The van der Waals surface area contributed by atoms with E-state index in [4.69, 9.17) is 16.7 Å². The molecule has 2 heterocycles. The van der Waals surface area contributed by atoms with Crippen molar-refractivity contribution in [2.75, 3.05) is 18.4 Å². The minimum Gasteiger partial charge on any atom is -0.465 e. The third kappa shape index (κ3) is 6.54. The maximum absolute atomic E-state index is 14.3. The van der Waals surface area contributed by atoms with Crippen LogP contribution in [0, 0.1) is 5.82 Å². The van der Waals surface area contributed by atoms with Crippen LogP contribution >= 0.6 is 11.6 Å². The summed E-state index contributed by atoms with van der Waals surface area (Å²) in [4.78, 5) is 31.6. The number of pyridine rings is 2. The van der Waals surface area contributed by atoms with E-state index in [9.17, 15) is 14.0 Å². The lowest BCUT2D eigenvalue weighted by Gasteiger charge is -2.19. The molecule has 0 saturated heterocycles. The first kappa shape index (κ1) is 26.8. The van der Waals surface area contributed by atoms with Gasteiger partial charge in [-0.25, -0.2) is 9.18 Å². The van der Waals surface area contributed by atoms with Gasteiger partial charge in [-0.1, -0.05) is 41.9 Å². The van der Waals surface area contributed by atoms with Crippen LogP contribution in [-0.2, 0) is 0 Å². The molecule has 2 aromatic carbocycles. The lowest BCUT2D eigenvalue weighted by molar-refractivity contribution is 0.0948. The summed E-state index contributed by atoms with van der Waals surface area (Å²) in [7, 11) is 0. The highest BCUT2D eigenvalue weighted by Gasteiger charge is 2.15. The second kappa shape index (κ2) is 12.3. The number of aromatic nitrogens is 2. The first-order chi connectivity index (χ1) is 18.3. The lowest BCUT2D eigenvalue weighted by Crippen LogP contribution is -2.27. The molecule has 0 radical (unpaired) electrons. The van der Waals surface area contributed by atoms with Crippen molar-refractivity contribution in [3.05, 3.63) is 89.1 Å². The number of rotatable bonds is 10. The number of carboxylic acid groups (broad SMARTS) is 1. The molecule has 196 valence electrons. The second-order valence-corrected chi connectivity index (χ2v) is 9.13. The first-order valence-electron chi connectivity index (χ1n) is 12.1. The molecule has 0 bridgehead atoms. The molecule has 4 aromatic rings. The summed E-state index contributed by atoms with van der Waals surface area (Å²) in [5, 5.41) is 18.2. The number of fused-ring (bicyclic) bond motifs is 1. The van der Waals surface area contributed by atoms with E-state index >= 15 is 0 Å². The summed E-state index contributed by atoms with van der Waals surface area (Å²) < 4.78 is 14.3. The van der Waals surface area contributed by atoms with Gasteiger partial charge in [0.05, 0.1) is 22.3 Å². The minimum absolute atomic E-state index is 0.281. The van der Waals surface area contributed by atoms with Crippen molar-refractivity contribution in [1.29, 1.82) is 0 Å². The van der Waals surface area contributed by atoms with Crippen molar-refractivity contribution in [2.24, 2.45) is 0 Å². The molecule has 0 aliphatic heterocycles. The molecule has 2 amide bonds. The predicted molar refractivity (Wildman–Crippen MR) is 146 cm³/mol. The summed E-state index contributed by atoms with van der Waals surface area (Å²) in [5.74, 6) is -0.598. The standard InChI is InChI=1S/C28H27ClFN5O3/c1-17(20-6-2-3-7-23(20)30)35-26-21-14-18(8-10-24(21)34-16-22(26)29)19-9-11-25(33-15-19)27(36)31-12-4-5-13-32-28(37)38/h2-3,6-11,14-17,32H,4-5,12-13H2,1H3,(H,31,36)(H,34,35)(H,37,38). The van der Waals surface area contributed by atoms with Crippen molar-refractivity contribution in [2.45, 2.75) is 25.8 Å². The number of hydrogen-bond donors (Lipinski definition) is 4. The van der Waals surface area contributed by atoms with Crippen molar-refractivity contribution in [3.8, 4) is 11.1 Å². The van der Waals surface area contributed by atoms with Crippen molar-refractivity contribution < 1.29 is 19.1 Å². The summed E-state index contributed by atoms with van der Waals surface area (Å²) in [6.45, 7) is 2.62. The molecule has 4 N–H and O–H groups in total. The summed E-state index contributed by atoms with van der Waals surface area (Å²) >= 11 is 6.51. The van der Waals surface area contributed by atoms with E-state index in [0.717, 1.165) is 22.0 Å². The van der Waals surface area contributed by atoms with E-state index < -0.39 is 6.09 Å². The third-order valence-corrected chi connectivity index (χ3v) is 6.34. The molecular weight excluding hydrogens is 509 g/mol. The minimum atomic E-state index is -1.06. The SMILES string of the molecule is CC(Nc1c(Cl)cnc2ccc(-c3ccc(C(=O)NCCCCNC(=O)O)nc3)cc12)c1ccccc1F. The van der Waals surface area contributed by atoms with Crippen LogP contribution in [0.1, 0.15) is 41.9 Å². The van der Waals surface area contributed by atoms with Crippen LogP contribution < -0.4 is 16.0 Å². The molecule has 0 aliphatic carbocycles. The van der Waals surface area contributed by atoms with Gasteiger partial charge < -0.3 is 21.1 Å². The fourth-order valence-corrected chi connectivity index (χ4v) is 4.26. The van der Waals surface area contributed by atoms with E-state index in [2.05, 4.69) is 25.9 Å². The number of nitrogens with zero attached hydrogens (tertiary/aromatic N) is 2. The monoisotopic (exact) mass is 535 g/mol. The molecule has 0 aliphatic rings. The largest absolute Gasteiger partial charge is 0.465 e. The summed E-state index contributed by atoms with van der Waals surface area (Å²) in [6, 6.07) is 15.4. The Morgan fingerprint density at radius 2 is 1.71 bits per heavy atom. The molecule has 1 atom stereocenters. The van der Waals surface area contributed by atoms with Gasteiger partial charge in [0.15, 0.2) is 0 Å². The lowest BCUT2D eigenvalue weighted by atomic mass is 10.0. The highest BCUT2D eigenvalue weighted by atomic mass is 35.5. The number of carbonyl (C=O) groups is 2. The van der Waals surface area contributed by atoms with Gasteiger partial charge in [-0.15, -0.1) is 0 Å². The van der Waals surface area contributed by atoms with Gasteiger partial charge in [-0.05, 0) is 49.6 Å². The topological polar surface area (TPSA) is 116 Å². The number of benzene rings is 2. The quantitative estimate of drug-likeness (QED) is 0.184. The molecule has 0 spiro atoms. The molecular formula is C28H27ClFN5O3. The van der Waals surface area contributed by atoms with Crippen molar-refractivity contribution >= 4 is 40.2 Å². The fourth-order valence-electron chi connectivity index (χ4n) is 4.05. The van der Waals surface area contributed by atoms with Gasteiger partial charge in [0.2, 0.25) is 0 Å². The van der Waals surface area contributed by atoms with Crippen LogP contribution in [0.5, 0.6) is 0 Å². The molecule has 1 unspecified atom stereocenters. The van der Waals surface area contributed by atoms with Crippen LogP contribution in [0.15, 0.2) is 67.0 Å². The van der Waals surface area contributed by atoms with Gasteiger partial charge in [0.1, 0.15) is 11.5 Å². The van der Waals surface area contributed by atoms with E-state index in [1.807, 2.05) is 31.2 Å². The predicted octanol–water partition coefficient (Wildman–Crippen LogP) is 6.04. The maximum Gasteiger partial charge on any atom is 0.404 e. The average molecular weight is 536 g/mol. The van der Waals surface area contributed by atoms with Crippen LogP contribution in [0.2, 0.25) is 5.02 Å². The normalized spacial score (nSPS) is 11.7. The van der Waals surface area contributed by atoms with Gasteiger partial charge in [-0.2, -0.15) is 0 Å². The summed E-state index contributed by atoms with van der Waals surface area (Å²) in [6.07, 6.45) is 3.39. The molecule has 4 rings (SSSR count). The van der Waals surface area contributed by atoms with Gasteiger partial charge in [0.25, 0.3) is 5.91 Å². The molecule has 0 saturated carbocycles. The maximum atomic E-state index is 14.3. The molecule has 38 heavy (non-hydrogen) atoms. The Morgan fingerprint density at radius 1 is 0.974 bits per heavy atom. The molecule has 2 aromatic heterocycles. The number of anilines is 1. The average Bonchev–Trinajstić information content (AvgIpc) is 2.92. The molecule has 8 nitrogen and oxygen atoms in total. The number of nitrogens with one attached hydrogen (secondary N) is 3. The van der Waals surface area contributed by atoms with Crippen LogP contribution in [0.25, 0.3) is 22.0 Å². The Labute approximate surface area is 224 Å². The smallest absolute Gasteiger partial charge is 0.404 e. The van der Waals surface area contributed by atoms with E-state index in [1.165, 1.54) is 6.07 Å². The van der Waals surface area contributed by atoms with Crippen molar-refractivity contribution in [1.82, 2.24) is 20.6 Å². The number of hydrogen-bond acceptors (Lipinski definition) is 5. The first-order valence-corrected chi connectivity index (χ1v) is 12.5. The Morgan fingerprint density at radius 3 is 2.42 bits per heavy atom. The zero-order valence-electron chi connectivity index (χ0n) is 20.7.